The van der Waals surface area contributed by atoms with Crippen LogP contribution in [0.2, 0.25) is 5.02 Å². The van der Waals surface area contributed by atoms with Gasteiger partial charge in [0.15, 0.2) is 5.13 Å². The molecule has 3 nitrogen and oxygen atoms in total. The van der Waals surface area contributed by atoms with Crippen molar-refractivity contribution < 1.29 is 4.79 Å². The summed E-state index contributed by atoms with van der Waals surface area (Å²) in [6.45, 7) is 4.07. The number of hydrogen-bond acceptors (Lipinski definition) is 3. The van der Waals surface area contributed by atoms with Gasteiger partial charge in [-0.05, 0) is 37.1 Å². The molecule has 2 aromatic carbocycles. The highest BCUT2D eigenvalue weighted by Gasteiger charge is 2.10. The van der Waals surface area contributed by atoms with E-state index in [9.17, 15) is 4.79 Å². The molecule has 0 atom stereocenters. The van der Waals surface area contributed by atoms with Crippen LogP contribution in [-0.2, 0) is 11.2 Å². The number of thiazole rings is 1. The summed E-state index contributed by atoms with van der Waals surface area (Å²) < 4.78 is 0. The van der Waals surface area contributed by atoms with Crippen molar-refractivity contribution in [1.29, 1.82) is 0 Å². The van der Waals surface area contributed by atoms with Crippen LogP contribution in [0.25, 0.3) is 11.3 Å². The lowest BCUT2D eigenvalue weighted by Gasteiger charge is -2.06. The molecule has 0 spiro atoms. The third-order valence-electron chi connectivity index (χ3n) is 3.74. The number of aryl methyl sites for hydroxylation is 2. The summed E-state index contributed by atoms with van der Waals surface area (Å²) in [7, 11) is 0. The Hall–Kier alpha value is -2.17. The fourth-order valence-electron chi connectivity index (χ4n) is 2.46. The van der Waals surface area contributed by atoms with E-state index in [1.807, 2.05) is 55.6 Å². The van der Waals surface area contributed by atoms with Gasteiger partial charge < -0.3 is 5.32 Å². The maximum absolute atomic E-state index is 12.2. The van der Waals surface area contributed by atoms with Crippen molar-refractivity contribution in [2.75, 3.05) is 5.32 Å². The number of nitrogens with one attached hydrogen (secondary N) is 1. The quantitative estimate of drug-likeness (QED) is 0.692. The number of nitrogens with zero attached hydrogens (tertiary/aromatic N) is 1. The Morgan fingerprint density at radius 2 is 1.92 bits per heavy atom. The maximum Gasteiger partial charge on any atom is 0.230 e. The summed E-state index contributed by atoms with van der Waals surface area (Å²) >= 11 is 7.32. The third-order valence-corrected chi connectivity index (χ3v) is 4.75. The van der Waals surface area contributed by atoms with E-state index in [1.165, 1.54) is 16.9 Å². The van der Waals surface area contributed by atoms with Gasteiger partial charge >= 0.3 is 0 Å². The molecule has 0 bridgehead atoms. The molecule has 0 radical (unpaired) electrons. The van der Waals surface area contributed by atoms with Crippen LogP contribution in [0.5, 0.6) is 0 Å². The summed E-state index contributed by atoms with van der Waals surface area (Å²) in [6.07, 6.45) is 0.349. The van der Waals surface area contributed by atoms with Crippen molar-refractivity contribution in [2.24, 2.45) is 0 Å². The van der Waals surface area contributed by atoms with Gasteiger partial charge in [0, 0.05) is 16.0 Å². The minimum Gasteiger partial charge on any atom is -0.302 e. The lowest BCUT2D eigenvalue weighted by atomic mass is 10.0. The standard InChI is InChI=1S/C19H17ClN2OS/c1-12-3-4-15(13(2)9-12)10-18(23)22-19-21-17(11-24-19)14-5-7-16(20)8-6-14/h3-9,11H,10H2,1-2H3,(H,21,22,23). The predicted octanol–water partition coefficient (Wildman–Crippen LogP) is 5.26. The zero-order valence-corrected chi connectivity index (χ0v) is 15.0. The molecule has 1 N–H and O–H groups in total. The number of carbonyl (C=O) groups is 1. The molecule has 3 aromatic rings. The van der Waals surface area contributed by atoms with Crippen molar-refractivity contribution in [3.8, 4) is 11.3 Å². The van der Waals surface area contributed by atoms with E-state index in [0.29, 0.717) is 16.6 Å². The summed E-state index contributed by atoms with van der Waals surface area (Å²) in [4.78, 5) is 16.7. The van der Waals surface area contributed by atoms with E-state index < -0.39 is 0 Å². The number of aromatic nitrogens is 1. The Bertz CT molecular complexity index is 871. The minimum absolute atomic E-state index is 0.0565. The molecule has 5 heteroatoms. The van der Waals surface area contributed by atoms with Crippen molar-refractivity contribution >= 4 is 34.0 Å². The first-order chi connectivity index (χ1) is 11.5. The average Bonchev–Trinajstić information content (AvgIpc) is 2.99. The van der Waals surface area contributed by atoms with Gasteiger partial charge in [0.1, 0.15) is 0 Å². The highest BCUT2D eigenvalue weighted by atomic mass is 35.5. The van der Waals surface area contributed by atoms with Gasteiger partial charge in [-0.2, -0.15) is 0 Å². The van der Waals surface area contributed by atoms with Gasteiger partial charge in [0.2, 0.25) is 5.91 Å². The molecule has 122 valence electrons. The summed E-state index contributed by atoms with van der Waals surface area (Å²) in [5.41, 5.74) is 5.17. The van der Waals surface area contributed by atoms with Crippen LogP contribution in [0.4, 0.5) is 5.13 Å². The topological polar surface area (TPSA) is 42.0 Å². The van der Waals surface area contributed by atoms with Crippen molar-refractivity contribution in [1.82, 2.24) is 4.98 Å². The first-order valence-corrected chi connectivity index (χ1v) is 8.84. The average molecular weight is 357 g/mol. The highest BCUT2D eigenvalue weighted by Crippen LogP contribution is 2.26. The molecule has 0 saturated heterocycles. The number of anilines is 1. The summed E-state index contributed by atoms with van der Waals surface area (Å²) in [6, 6.07) is 13.6. The van der Waals surface area contributed by atoms with E-state index in [-0.39, 0.29) is 5.91 Å². The zero-order chi connectivity index (χ0) is 17.1. The molecule has 0 aliphatic carbocycles. The molecule has 0 aliphatic rings. The molecule has 3 rings (SSSR count). The zero-order valence-electron chi connectivity index (χ0n) is 13.5. The van der Waals surface area contributed by atoms with E-state index >= 15 is 0 Å². The van der Waals surface area contributed by atoms with Crippen LogP contribution in [-0.4, -0.2) is 10.9 Å². The molecule has 24 heavy (non-hydrogen) atoms. The fourth-order valence-corrected chi connectivity index (χ4v) is 3.33. The molecule has 1 amide bonds. The molecule has 0 aliphatic heterocycles. The largest absolute Gasteiger partial charge is 0.302 e. The van der Waals surface area contributed by atoms with Crippen LogP contribution < -0.4 is 5.32 Å². The Morgan fingerprint density at radius 3 is 2.62 bits per heavy atom. The van der Waals surface area contributed by atoms with E-state index in [2.05, 4.69) is 16.4 Å². The summed E-state index contributed by atoms with van der Waals surface area (Å²) in [5.74, 6) is -0.0565. The maximum atomic E-state index is 12.2. The van der Waals surface area contributed by atoms with Crippen molar-refractivity contribution in [3.05, 3.63) is 69.6 Å². The minimum atomic E-state index is -0.0565. The Balaban J connectivity index is 1.68. The van der Waals surface area contributed by atoms with Crippen LogP contribution in [0, 0.1) is 13.8 Å². The molecule has 1 heterocycles. The normalized spacial score (nSPS) is 10.6. The van der Waals surface area contributed by atoms with Gasteiger partial charge in [-0.25, -0.2) is 4.98 Å². The molecular weight excluding hydrogens is 340 g/mol. The number of amides is 1. The number of rotatable bonds is 4. The Morgan fingerprint density at radius 1 is 1.17 bits per heavy atom. The molecular formula is C19H17ClN2OS. The number of hydrogen-bond donors (Lipinski definition) is 1. The second-order valence-electron chi connectivity index (χ2n) is 5.70. The molecule has 0 saturated carbocycles. The van der Waals surface area contributed by atoms with E-state index in [4.69, 9.17) is 11.6 Å². The second kappa shape index (κ2) is 7.16. The van der Waals surface area contributed by atoms with Gasteiger partial charge in [-0.15, -0.1) is 11.3 Å². The monoisotopic (exact) mass is 356 g/mol. The third kappa shape index (κ3) is 4.02. The fraction of sp³-hybridized carbons (Fsp3) is 0.158. The molecule has 0 unspecified atom stereocenters. The second-order valence-corrected chi connectivity index (χ2v) is 6.99. The lowest BCUT2D eigenvalue weighted by Crippen LogP contribution is -2.14. The Kier molecular flexibility index (Phi) is 4.97. The Labute approximate surface area is 150 Å². The highest BCUT2D eigenvalue weighted by molar-refractivity contribution is 7.14. The van der Waals surface area contributed by atoms with Crippen LogP contribution >= 0.6 is 22.9 Å². The SMILES string of the molecule is Cc1ccc(CC(=O)Nc2nc(-c3ccc(Cl)cc3)cs2)c(C)c1. The molecule has 0 fully saturated rings. The van der Waals surface area contributed by atoms with Crippen LogP contribution in [0.1, 0.15) is 16.7 Å². The first-order valence-electron chi connectivity index (χ1n) is 7.59. The van der Waals surface area contributed by atoms with Gasteiger partial charge in [-0.3, -0.25) is 4.79 Å². The number of benzene rings is 2. The van der Waals surface area contributed by atoms with E-state index in [0.717, 1.165) is 22.4 Å². The van der Waals surface area contributed by atoms with Gasteiger partial charge in [0.05, 0.1) is 12.1 Å². The van der Waals surface area contributed by atoms with Gasteiger partial charge in [-0.1, -0.05) is 47.5 Å². The predicted molar refractivity (Wildman–Crippen MR) is 101 cm³/mol. The van der Waals surface area contributed by atoms with Crippen molar-refractivity contribution in [3.63, 3.8) is 0 Å². The van der Waals surface area contributed by atoms with Gasteiger partial charge in [0.25, 0.3) is 0 Å². The van der Waals surface area contributed by atoms with E-state index in [1.54, 1.807) is 0 Å². The first kappa shape index (κ1) is 16.7. The number of carbonyl (C=O) groups excluding carboxylic acids is 1. The van der Waals surface area contributed by atoms with Crippen LogP contribution in [0.3, 0.4) is 0 Å². The van der Waals surface area contributed by atoms with Crippen LogP contribution in [0.15, 0.2) is 47.8 Å². The number of halogens is 1. The lowest BCUT2D eigenvalue weighted by molar-refractivity contribution is -0.115. The smallest absolute Gasteiger partial charge is 0.230 e. The van der Waals surface area contributed by atoms with Crippen molar-refractivity contribution in [2.45, 2.75) is 20.3 Å². The molecule has 1 aromatic heterocycles. The summed E-state index contributed by atoms with van der Waals surface area (Å²) in [5, 5.41) is 6.10.